The summed E-state index contributed by atoms with van der Waals surface area (Å²) in [5.74, 6) is 0.203. The Labute approximate surface area is 162 Å². The molecule has 1 saturated heterocycles. The summed E-state index contributed by atoms with van der Waals surface area (Å²) >= 11 is 0. The van der Waals surface area contributed by atoms with Gasteiger partial charge in [0, 0.05) is 31.8 Å². The highest BCUT2D eigenvalue weighted by atomic mass is 19.1. The zero-order valence-corrected chi connectivity index (χ0v) is 15.6. The van der Waals surface area contributed by atoms with Crippen LogP contribution in [0.25, 0.3) is 0 Å². The summed E-state index contributed by atoms with van der Waals surface area (Å²) in [4.78, 5) is 12.0. The molecule has 0 saturated carbocycles. The minimum Gasteiger partial charge on any atom is -0.390 e. The van der Waals surface area contributed by atoms with Gasteiger partial charge >= 0.3 is 6.03 Å². The number of benzene rings is 1. The molecule has 0 unspecified atom stereocenters. The fourth-order valence-corrected chi connectivity index (χ4v) is 3.11. The number of anilines is 1. The third-order valence-electron chi connectivity index (χ3n) is 4.46. The average Bonchev–Trinajstić information content (AvgIpc) is 3.09. The van der Waals surface area contributed by atoms with Gasteiger partial charge in [-0.25, -0.2) is 9.18 Å². The van der Waals surface area contributed by atoms with Crippen molar-refractivity contribution in [2.24, 2.45) is 0 Å². The number of methoxy groups -OCH3 is 1. The van der Waals surface area contributed by atoms with Crippen LogP contribution in [0, 0.1) is 5.82 Å². The van der Waals surface area contributed by atoms with Crippen LogP contribution in [0.2, 0.25) is 0 Å². The van der Waals surface area contributed by atoms with Crippen LogP contribution in [0.15, 0.2) is 34.9 Å². The van der Waals surface area contributed by atoms with Gasteiger partial charge < -0.3 is 29.7 Å². The average molecular weight is 393 g/mol. The van der Waals surface area contributed by atoms with Gasteiger partial charge in [0.25, 0.3) is 0 Å². The molecule has 2 aromatic rings. The van der Waals surface area contributed by atoms with Crippen molar-refractivity contribution in [3.05, 3.63) is 47.6 Å². The summed E-state index contributed by atoms with van der Waals surface area (Å²) in [5, 5.41) is 19.4. The fourth-order valence-electron chi connectivity index (χ4n) is 3.11. The molecular weight excluding hydrogens is 369 g/mol. The normalized spacial score (nSPS) is 22.0. The van der Waals surface area contributed by atoms with E-state index in [1.807, 2.05) is 6.07 Å². The number of aliphatic hydroxyl groups is 1. The molecule has 0 radical (unpaired) electrons. The molecular formula is C19H24FN3O5. The monoisotopic (exact) mass is 393 g/mol. The molecule has 28 heavy (non-hydrogen) atoms. The maximum atomic E-state index is 13.2. The lowest BCUT2D eigenvalue weighted by Gasteiger charge is -2.33. The van der Waals surface area contributed by atoms with Crippen molar-refractivity contribution >= 4 is 11.7 Å². The Balaban J connectivity index is 1.47. The minimum absolute atomic E-state index is 0.132. The maximum absolute atomic E-state index is 13.2. The van der Waals surface area contributed by atoms with E-state index in [4.69, 9.17) is 14.0 Å². The lowest BCUT2D eigenvalue weighted by Crippen LogP contribution is -2.47. The highest BCUT2D eigenvalue weighted by Crippen LogP contribution is 2.22. The van der Waals surface area contributed by atoms with Crippen LogP contribution >= 0.6 is 0 Å². The molecule has 1 aliphatic heterocycles. The summed E-state index contributed by atoms with van der Waals surface area (Å²) in [6, 6.07) is 6.92. The van der Waals surface area contributed by atoms with E-state index in [1.54, 1.807) is 13.2 Å². The first kappa shape index (κ1) is 20.2. The second kappa shape index (κ2) is 9.63. The van der Waals surface area contributed by atoms with Gasteiger partial charge in [-0.2, -0.15) is 0 Å². The Morgan fingerprint density at radius 1 is 1.39 bits per heavy atom. The van der Waals surface area contributed by atoms with Crippen molar-refractivity contribution in [1.29, 1.82) is 0 Å². The van der Waals surface area contributed by atoms with Crippen molar-refractivity contribution in [3.63, 3.8) is 0 Å². The number of carbonyl (C=O) groups excluding carboxylic acids is 1. The number of ether oxygens (including phenoxy) is 2. The first-order chi connectivity index (χ1) is 13.5. The Morgan fingerprint density at radius 3 is 3.04 bits per heavy atom. The number of nitrogens with zero attached hydrogens (tertiary/aromatic N) is 1. The lowest BCUT2D eigenvalue weighted by atomic mass is 9.98. The number of hydrogen-bond donors (Lipinski definition) is 3. The van der Waals surface area contributed by atoms with Crippen LogP contribution in [0.4, 0.5) is 14.9 Å². The van der Waals surface area contributed by atoms with E-state index in [2.05, 4.69) is 15.8 Å². The summed E-state index contributed by atoms with van der Waals surface area (Å²) in [6.45, 7) is 0.483. The van der Waals surface area contributed by atoms with Crippen LogP contribution in [-0.4, -0.2) is 48.3 Å². The van der Waals surface area contributed by atoms with E-state index in [0.717, 1.165) is 5.69 Å². The molecule has 3 rings (SSSR count). The summed E-state index contributed by atoms with van der Waals surface area (Å²) in [5.41, 5.74) is 1.10. The van der Waals surface area contributed by atoms with E-state index in [9.17, 15) is 14.3 Å². The number of aromatic nitrogens is 1. The molecule has 152 valence electrons. The lowest BCUT2D eigenvalue weighted by molar-refractivity contribution is -0.113. The predicted octanol–water partition coefficient (Wildman–Crippen LogP) is 2.23. The van der Waals surface area contributed by atoms with Crippen molar-refractivity contribution in [2.45, 2.75) is 44.2 Å². The zero-order chi connectivity index (χ0) is 19.9. The third-order valence-corrected chi connectivity index (χ3v) is 4.46. The van der Waals surface area contributed by atoms with E-state index in [0.29, 0.717) is 37.3 Å². The molecule has 3 N–H and O–H groups in total. The molecule has 9 heteroatoms. The smallest absolute Gasteiger partial charge is 0.319 e. The Kier molecular flexibility index (Phi) is 6.96. The van der Waals surface area contributed by atoms with Gasteiger partial charge in [0.2, 0.25) is 0 Å². The molecule has 2 heterocycles. The van der Waals surface area contributed by atoms with Crippen LogP contribution in [0.1, 0.15) is 24.3 Å². The molecule has 1 aromatic carbocycles. The third kappa shape index (κ3) is 5.75. The predicted molar refractivity (Wildman–Crippen MR) is 98.2 cm³/mol. The van der Waals surface area contributed by atoms with Gasteiger partial charge in [-0.3, -0.25) is 0 Å². The summed E-state index contributed by atoms with van der Waals surface area (Å²) < 4.78 is 29.3. The Bertz CT molecular complexity index is 784. The summed E-state index contributed by atoms with van der Waals surface area (Å²) in [6.07, 6.45) is 0.438. The molecule has 8 nitrogen and oxygen atoms in total. The quantitative estimate of drug-likeness (QED) is 0.666. The van der Waals surface area contributed by atoms with E-state index >= 15 is 0 Å². The number of amides is 2. The van der Waals surface area contributed by atoms with Crippen molar-refractivity contribution in [1.82, 2.24) is 10.5 Å². The van der Waals surface area contributed by atoms with E-state index < -0.39 is 24.1 Å². The zero-order valence-electron chi connectivity index (χ0n) is 15.6. The molecule has 3 atom stereocenters. The van der Waals surface area contributed by atoms with Crippen LogP contribution in [0.5, 0.6) is 0 Å². The molecule has 1 fully saturated rings. The maximum Gasteiger partial charge on any atom is 0.319 e. The Morgan fingerprint density at radius 2 is 2.25 bits per heavy atom. The van der Waals surface area contributed by atoms with Crippen molar-refractivity contribution in [3.8, 4) is 0 Å². The largest absolute Gasteiger partial charge is 0.390 e. The first-order valence-electron chi connectivity index (χ1n) is 9.11. The SMILES string of the molecule is COCc1cc(C[C@@H]2CC[C@H](O)[C@@H](CNC(=O)Nc3cccc(F)c3)O2)no1. The van der Waals surface area contributed by atoms with Crippen molar-refractivity contribution < 1.29 is 28.3 Å². The molecule has 2 amide bonds. The molecule has 0 spiro atoms. The molecule has 0 bridgehead atoms. The fraction of sp³-hybridized carbons (Fsp3) is 0.474. The number of halogens is 1. The Hall–Kier alpha value is -2.49. The number of hydrogen-bond acceptors (Lipinski definition) is 6. The van der Waals surface area contributed by atoms with Gasteiger partial charge in [0.05, 0.1) is 17.9 Å². The second-order valence-corrected chi connectivity index (χ2v) is 6.71. The van der Waals surface area contributed by atoms with Gasteiger partial charge in [0.15, 0.2) is 5.76 Å². The highest BCUT2D eigenvalue weighted by molar-refractivity contribution is 5.89. The van der Waals surface area contributed by atoms with Gasteiger partial charge in [-0.05, 0) is 31.0 Å². The highest BCUT2D eigenvalue weighted by Gasteiger charge is 2.30. The van der Waals surface area contributed by atoms with Crippen molar-refractivity contribution in [2.75, 3.05) is 19.0 Å². The van der Waals surface area contributed by atoms with Crippen LogP contribution in [0.3, 0.4) is 0 Å². The van der Waals surface area contributed by atoms with E-state index in [1.165, 1.54) is 18.2 Å². The van der Waals surface area contributed by atoms with Gasteiger partial charge in [-0.1, -0.05) is 11.2 Å². The number of urea groups is 1. The number of aliphatic hydroxyl groups excluding tert-OH is 1. The molecule has 0 aliphatic carbocycles. The van der Waals surface area contributed by atoms with Crippen LogP contribution in [-0.2, 0) is 22.5 Å². The standard InChI is InChI=1S/C19H24FN3O5/c1-26-11-16-9-14(23-28-16)8-15-5-6-17(24)18(27-15)10-21-19(25)22-13-4-2-3-12(20)7-13/h2-4,7,9,15,17-18,24H,5-6,8,10-11H2,1H3,(H2,21,22,25)/t15-,17-,18+/m0/s1. The number of rotatable bonds is 7. The number of carbonyl (C=O) groups is 1. The van der Waals surface area contributed by atoms with Crippen LogP contribution < -0.4 is 10.6 Å². The topological polar surface area (TPSA) is 106 Å². The van der Waals surface area contributed by atoms with E-state index in [-0.39, 0.29) is 12.6 Å². The second-order valence-electron chi connectivity index (χ2n) is 6.71. The molecule has 1 aliphatic rings. The first-order valence-corrected chi connectivity index (χ1v) is 9.11. The van der Waals surface area contributed by atoms with Gasteiger partial charge in [-0.15, -0.1) is 0 Å². The molecule has 1 aromatic heterocycles. The number of nitrogens with one attached hydrogen (secondary N) is 2. The minimum atomic E-state index is -0.674. The van der Waals surface area contributed by atoms with Gasteiger partial charge in [0.1, 0.15) is 18.5 Å². The summed E-state index contributed by atoms with van der Waals surface area (Å²) in [7, 11) is 1.58.